The van der Waals surface area contributed by atoms with Gasteiger partial charge in [0.15, 0.2) is 0 Å². The number of aromatic amines is 1. The van der Waals surface area contributed by atoms with Gasteiger partial charge in [-0.3, -0.25) is 4.79 Å². The highest BCUT2D eigenvalue weighted by Crippen LogP contribution is 2.31. The van der Waals surface area contributed by atoms with Crippen molar-refractivity contribution in [2.24, 2.45) is 5.92 Å². The lowest BCUT2D eigenvalue weighted by atomic mass is 10.1. The molecule has 6 heteroatoms. The molecular weight excluding hydrogens is 278 g/mol. The molecule has 0 atom stereocenters. The number of rotatable bonds is 5. The van der Waals surface area contributed by atoms with Crippen molar-refractivity contribution in [2.45, 2.75) is 25.8 Å². The average molecular weight is 295 g/mol. The summed E-state index contributed by atoms with van der Waals surface area (Å²) >= 11 is 0. The van der Waals surface area contributed by atoms with Crippen molar-refractivity contribution in [3.63, 3.8) is 0 Å². The van der Waals surface area contributed by atoms with E-state index in [0.717, 1.165) is 34.9 Å². The summed E-state index contributed by atoms with van der Waals surface area (Å²) in [6.07, 6.45) is 8.15. The second kappa shape index (κ2) is 5.29. The van der Waals surface area contributed by atoms with Crippen molar-refractivity contribution in [1.29, 1.82) is 0 Å². The van der Waals surface area contributed by atoms with Crippen molar-refractivity contribution >= 4 is 22.8 Å². The highest BCUT2D eigenvalue weighted by atomic mass is 16.1. The number of amides is 1. The third-order valence-electron chi connectivity index (χ3n) is 4.00. The first-order chi connectivity index (χ1) is 10.8. The molecule has 2 N–H and O–H groups in total. The monoisotopic (exact) mass is 295 g/mol. The Morgan fingerprint density at radius 3 is 3.14 bits per heavy atom. The zero-order valence-electron chi connectivity index (χ0n) is 12.1. The molecule has 0 aliphatic heterocycles. The van der Waals surface area contributed by atoms with Crippen LogP contribution in [0.15, 0.2) is 36.8 Å². The Morgan fingerprint density at radius 1 is 1.36 bits per heavy atom. The van der Waals surface area contributed by atoms with E-state index in [1.165, 1.54) is 12.8 Å². The predicted molar refractivity (Wildman–Crippen MR) is 83.4 cm³/mol. The van der Waals surface area contributed by atoms with Gasteiger partial charge in [0.2, 0.25) is 5.91 Å². The molecular formula is C16H17N5O. The normalized spacial score (nSPS) is 14.4. The zero-order valence-corrected chi connectivity index (χ0v) is 12.1. The third kappa shape index (κ3) is 2.59. The largest absolute Gasteiger partial charge is 0.346 e. The van der Waals surface area contributed by atoms with Gasteiger partial charge in [0.25, 0.3) is 0 Å². The number of pyridine rings is 1. The number of carbonyl (C=O) groups excluding carboxylic acids is 1. The standard InChI is InChI=1S/C16H17N5O/c22-15(8-12-9-18-16-13(12)2-1-6-17-16)20-14-5-7-19-21(14)10-11-3-4-11/h1-2,5-7,9,11H,3-4,8,10H2,(H,17,18)(H,20,22). The third-order valence-corrected chi connectivity index (χ3v) is 4.00. The number of aromatic nitrogens is 4. The molecule has 6 nitrogen and oxygen atoms in total. The van der Waals surface area contributed by atoms with Crippen molar-refractivity contribution in [2.75, 3.05) is 5.32 Å². The fourth-order valence-corrected chi connectivity index (χ4v) is 2.65. The van der Waals surface area contributed by atoms with E-state index in [1.807, 2.05) is 29.1 Å². The van der Waals surface area contributed by atoms with E-state index in [1.54, 1.807) is 12.4 Å². The number of fused-ring (bicyclic) bond motifs is 1. The van der Waals surface area contributed by atoms with Crippen molar-refractivity contribution in [3.8, 4) is 0 Å². The molecule has 22 heavy (non-hydrogen) atoms. The van der Waals surface area contributed by atoms with Crippen molar-refractivity contribution in [3.05, 3.63) is 42.4 Å². The summed E-state index contributed by atoms with van der Waals surface area (Å²) in [6, 6.07) is 5.69. The molecule has 0 radical (unpaired) electrons. The van der Waals surface area contributed by atoms with Gasteiger partial charge in [-0.05, 0) is 36.5 Å². The van der Waals surface area contributed by atoms with Gasteiger partial charge in [-0.1, -0.05) is 0 Å². The van der Waals surface area contributed by atoms with Crippen LogP contribution in [0.2, 0.25) is 0 Å². The van der Waals surface area contributed by atoms with Crippen molar-refractivity contribution < 1.29 is 4.79 Å². The lowest BCUT2D eigenvalue weighted by molar-refractivity contribution is -0.115. The summed E-state index contributed by atoms with van der Waals surface area (Å²) in [4.78, 5) is 19.6. The molecule has 0 spiro atoms. The maximum absolute atomic E-state index is 12.3. The number of nitrogens with one attached hydrogen (secondary N) is 2. The van der Waals surface area contributed by atoms with Crippen LogP contribution in [0.25, 0.3) is 11.0 Å². The second-order valence-corrected chi connectivity index (χ2v) is 5.78. The molecule has 4 rings (SSSR count). The smallest absolute Gasteiger partial charge is 0.230 e. The summed E-state index contributed by atoms with van der Waals surface area (Å²) in [5, 5.41) is 8.23. The molecule has 1 saturated carbocycles. The van der Waals surface area contributed by atoms with Crippen LogP contribution in [0.4, 0.5) is 5.82 Å². The molecule has 112 valence electrons. The van der Waals surface area contributed by atoms with E-state index in [9.17, 15) is 4.79 Å². The Balaban J connectivity index is 1.47. The van der Waals surface area contributed by atoms with Crippen LogP contribution in [0, 0.1) is 5.92 Å². The van der Waals surface area contributed by atoms with Gasteiger partial charge in [-0.25, -0.2) is 9.67 Å². The summed E-state index contributed by atoms with van der Waals surface area (Å²) in [6.45, 7) is 0.889. The first-order valence-electron chi connectivity index (χ1n) is 7.52. The van der Waals surface area contributed by atoms with E-state index < -0.39 is 0 Å². The Morgan fingerprint density at radius 2 is 2.27 bits per heavy atom. The maximum Gasteiger partial charge on any atom is 0.230 e. The van der Waals surface area contributed by atoms with Gasteiger partial charge in [0, 0.05) is 30.4 Å². The van der Waals surface area contributed by atoms with E-state index in [-0.39, 0.29) is 5.91 Å². The van der Waals surface area contributed by atoms with Crippen LogP contribution < -0.4 is 5.32 Å². The quantitative estimate of drug-likeness (QED) is 0.758. The lowest BCUT2D eigenvalue weighted by Gasteiger charge is -2.08. The van der Waals surface area contributed by atoms with Gasteiger partial charge in [-0.2, -0.15) is 5.10 Å². The van der Waals surface area contributed by atoms with Gasteiger partial charge < -0.3 is 10.3 Å². The highest BCUT2D eigenvalue weighted by molar-refractivity contribution is 5.94. The summed E-state index contributed by atoms with van der Waals surface area (Å²) in [7, 11) is 0. The van der Waals surface area contributed by atoms with Gasteiger partial charge >= 0.3 is 0 Å². The SMILES string of the molecule is O=C(Cc1c[nH]c2ncccc12)Nc1ccnn1CC1CC1. The minimum absolute atomic E-state index is 0.0395. The first kappa shape index (κ1) is 13.1. The van der Waals surface area contributed by atoms with Gasteiger partial charge in [-0.15, -0.1) is 0 Å². The summed E-state index contributed by atoms with van der Waals surface area (Å²) < 4.78 is 1.88. The van der Waals surface area contributed by atoms with Crippen LogP contribution in [-0.2, 0) is 17.8 Å². The van der Waals surface area contributed by atoms with E-state index in [4.69, 9.17) is 0 Å². The molecule has 1 amide bonds. The molecule has 1 fully saturated rings. The highest BCUT2D eigenvalue weighted by Gasteiger charge is 2.23. The molecule has 1 aliphatic rings. The molecule has 0 saturated heterocycles. The van der Waals surface area contributed by atoms with E-state index >= 15 is 0 Å². The number of H-pyrrole nitrogens is 1. The number of hydrogen-bond acceptors (Lipinski definition) is 3. The minimum Gasteiger partial charge on any atom is -0.346 e. The first-order valence-corrected chi connectivity index (χ1v) is 7.52. The Labute approximate surface area is 127 Å². The Bertz CT molecular complexity index is 815. The van der Waals surface area contributed by atoms with E-state index in [0.29, 0.717) is 6.42 Å². The van der Waals surface area contributed by atoms with Crippen LogP contribution in [0.1, 0.15) is 18.4 Å². The predicted octanol–water partition coefficient (Wildman–Crippen LogP) is 2.35. The molecule has 0 bridgehead atoms. The molecule has 3 aromatic heterocycles. The van der Waals surface area contributed by atoms with Crippen LogP contribution in [-0.4, -0.2) is 25.7 Å². The summed E-state index contributed by atoms with van der Waals surface area (Å²) in [5.74, 6) is 1.45. The number of carbonyl (C=O) groups is 1. The van der Waals surface area contributed by atoms with E-state index in [2.05, 4.69) is 20.4 Å². The lowest BCUT2D eigenvalue weighted by Crippen LogP contribution is -2.18. The Kier molecular flexibility index (Phi) is 3.14. The number of hydrogen-bond donors (Lipinski definition) is 2. The molecule has 3 heterocycles. The van der Waals surface area contributed by atoms with Crippen molar-refractivity contribution in [1.82, 2.24) is 19.7 Å². The number of nitrogens with zero attached hydrogens (tertiary/aromatic N) is 3. The molecule has 0 unspecified atom stereocenters. The fourth-order valence-electron chi connectivity index (χ4n) is 2.65. The summed E-state index contributed by atoms with van der Waals surface area (Å²) in [5.41, 5.74) is 1.76. The topological polar surface area (TPSA) is 75.6 Å². The number of anilines is 1. The second-order valence-electron chi connectivity index (χ2n) is 5.78. The molecule has 0 aromatic carbocycles. The minimum atomic E-state index is -0.0395. The fraction of sp³-hybridized carbons (Fsp3) is 0.312. The molecule has 1 aliphatic carbocycles. The molecule has 3 aromatic rings. The van der Waals surface area contributed by atoms with Crippen LogP contribution in [0.5, 0.6) is 0 Å². The Hall–Kier alpha value is -2.63. The average Bonchev–Trinajstić information content (AvgIpc) is 3.10. The van der Waals surface area contributed by atoms with Gasteiger partial charge in [0.05, 0.1) is 12.6 Å². The van der Waals surface area contributed by atoms with Crippen LogP contribution in [0.3, 0.4) is 0 Å². The maximum atomic E-state index is 12.3. The van der Waals surface area contributed by atoms with Crippen LogP contribution >= 0.6 is 0 Å². The zero-order chi connectivity index (χ0) is 14.9. The van der Waals surface area contributed by atoms with Gasteiger partial charge in [0.1, 0.15) is 11.5 Å².